The number of hydrogen-bond acceptors (Lipinski definition) is 1. The van der Waals surface area contributed by atoms with Crippen LogP contribution in [-0.4, -0.2) is 14.8 Å². The fraction of sp³-hybridized carbons (Fsp3) is 0.714. The first kappa shape index (κ1) is 8.92. The molecular formula is C7H17NSi. The highest BCUT2D eigenvalue weighted by Gasteiger charge is 2.12. The van der Waals surface area contributed by atoms with Gasteiger partial charge in [-0.25, -0.2) is 0 Å². The van der Waals surface area contributed by atoms with Gasteiger partial charge in [0.25, 0.3) is 0 Å². The maximum atomic E-state index is 3.78. The number of nitrogens with one attached hydrogen (secondary N) is 1. The second kappa shape index (κ2) is 3.85. The van der Waals surface area contributed by atoms with Gasteiger partial charge in [0.1, 0.15) is 8.24 Å². The summed E-state index contributed by atoms with van der Waals surface area (Å²) in [6.45, 7) is 11.6. The van der Waals surface area contributed by atoms with E-state index in [1.54, 1.807) is 0 Å². The summed E-state index contributed by atoms with van der Waals surface area (Å²) < 4.78 is 0. The van der Waals surface area contributed by atoms with Crippen LogP contribution >= 0.6 is 0 Å². The quantitative estimate of drug-likeness (QED) is 0.593. The molecule has 9 heavy (non-hydrogen) atoms. The minimum atomic E-state index is -1.18. The molecule has 0 amide bonds. The first-order valence-corrected chi connectivity index (χ1v) is 6.58. The summed E-state index contributed by atoms with van der Waals surface area (Å²) in [5.41, 5.74) is 2.07. The third-order valence-corrected chi connectivity index (χ3v) is 3.52. The Morgan fingerprint density at radius 3 is 2.44 bits per heavy atom. The van der Waals surface area contributed by atoms with E-state index in [9.17, 15) is 0 Å². The van der Waals surface area contributed by atoms with Crippen LogP contribution in [0.4, 0.5) is 0 Å². The molecule has 0 aromatic rings. The average molecular weight is 143 g/mol. The Hall–Kier alpha value is -0.0831. The predicted octanol–water partition coefficient (Wildman–Crippen LogP) is 1.92. The van der Waals surface area contributed by atoms with Crippen molar-refractivity contribution in [3.05, 3.63) is 12.3 Å². The third kappa shape index (κ3) is 4.42. The summed E-state index contributed by atoms with van der Waals surface area (Å²) >= 11 is 0. The van der Waals surface area contributed by atoms with E-state index in [1.807, 2.05) is 0 Å². The molecule has 0 saturated carbocycles. The monoisotopic (exact) mass is 143 g/mol. The Morgan fingerprint density at radius 2 is 2.11 bits per heavy atom. The van der Waals surface area contributed by atoms with Gasteiger partial charge in [-0.3, -0.25) is 0 Å². The molecule has 0 aliphatic rings. The maximum absolute atomic E-state index is 3.78. The van der Waals surface area contributed by atoms with Gasteiger partial charge >= 0.3 is 0 Å². The standard InChI is InChI=1S/C7H17NSi/c1-5-7-8-9(3,4)6-2/h6,8H,2,5,7H2,1,3-4H3. The smallest absolute Gasteiger partial charge is 0.143 e. The zero-order valence-corrected chi connectivity index (χ0v) is 7.70. The lowest BCUT2D eigenvalue weighted by atomic mass is 10.5. The van der Waals surface area contributed by atoms with Crippen molar-refractivity contribution in [3.8, 4) is 0 Å². The molecule has 2 heteroatoms. The van der Waals surface area contributed by atoms with Gasteiger partial charge in [-0.15, -0.1) is 6.58 Å². The van der Waals surface area contributed by atoms with E-state index in [4.69, 9.17) is 0 Å². The molecule has 1 N–H and O–H groups in total. The van der Waals surface area contributed by atoms with Crippen LogP contribution in [0, 0.1) is 0 Å². The van der Waals surface area contributed by atoms with Crippen molar-refractivity contribution in [1.82, 2.24) is 4.98 Å². The zero-order chi connectivity index (χ0) is 7.33. The van der Waals surface area contributed by atoms with Gasteiger partial charge in [0.2, 0.25) is 0 Å². The summed E-state index contributed by atoms with van der Waals surface area (Å²) in [7, 11) is -1.18. The fourth-order valence-corrected chi connectivity index (χ4v) is 1.56. The van der Waals surface area contributed by atoms with Crippen LogP contribution in [0.25, 0.3) is 0 Å². The van der Waals surface area contributed by atoms with Crippen molar-refractivity contribution in [2.24, 2.45) is 0 Å². The van der Waals surface area contributed by atoms with Crippen molar-refractivity contribution in [2.45, 2.75) is 26.4 Å². The largest absolute Gasteiger partial charge is 0.334 e. The minimum Gasteiger partial charge on any atom is -0.334 e. The number of rotatable bonds is 4. The molecule has 0 spiro atoms. The summed E-state index contributed by atoms with van der Waals surface area (Å²) in [6, 6.07) is 0. The van der Waals surface area contributed by atoms with E-state index in [0.29, 0.717) is 0 Å². The molecule has 54 valence electrons. The van der Waals surface area contributed by atoms with Gasteiger partial charge < -0.3 is 4.98 Å². The lowest BCUT2D eigenvalue weighted by Gasteiger charge is -2.17. The molecule has 0 aliphatic heterocycles. The van der Waals surface area contributed by atoms with E-state index in [2.05, 4.69) is 37.3 Å². The molecule has 1 nitrogen and oxygen atoms in total. The summed E-state index contributed by atoms with van der Waals surface area (Å²) in [4.78, 5) is 3.48. The normalized spacial score (nSPS) is 11.4. The van der Waals surface area contributed by atoms with E-state index in [-0.39, 0.29) is 0 Å². The first-order valence-electron chi connectivity index (χ1n) is 3.51. The van der Waals surface area contributed by atoms with Gasteiger partial charge in [-0.2, -0.15) is 0 Å². The van der Waals surface area contributed by atoms with Crippen molar-refractivity contribution < 1.29 is 0 Å². The second-order valence-corrected chi connectivity index (χ2v) is 7.06. The molecule has 0 saturated heterocycles. The van der Waals surface area contributed by atoms with Gasteiger partial charge in [0.05, 0.1) is 0 Å². The molecule has 0 aromatic carbocycles. The molecule has 0 bridgehead atoms. The zero-order valence-electron chi connectivity index (χ0n) is 6.70. The van der Waals surface area contributed by atoms with Crippen LogP contribution < -0.4 is 4.98 Å². The van der Waals surface area contributed by atoms with Gasteiger partial charge in [0, 0.05) is 0 Å². The summed E-state index contributed by atoms with van der Waals surface area (Å²) in [6.07, 6.45) is 1.21. The molecule has 0 radical (unpaired) electrons. The molecule has 0 aromatic heterocycles. The Labute approximate surface area is 59.3 Å². The van der Waals surface area contributed by atoms with Gasteiger partial charge in [-0.1, -0.05) is 25.7 Å². The molecule has 0 aliphatic carbocycles. The Kier molecular flexibility index (Phi) is 3.82. The van der Waals surface area contributed by atoms with E-state index < -0.39 is 8.24 Å². The van der Waals surface area contributed by atoms with Crippen molar-refractivity contribution in [3.63, 3.8) is 0 Å². The molecule has 0 rings (SSSR count). The summed E-state index contributed by atoms with van der Waals surface area (Å²) in [5.74, 6) is 0. The SMILES string of the molecule is C=C[Si](C)(C)NCCC. The highest BCUT2D eigenvalue weighted by molar-refractivity contribution is 6.79. The third-order valence-electron chi connectivity index (χ3n) is 1.34. The molecule has 0 fully saturated rings. The van der Waals surface area contributed by atoms with E-state index in [1.165, 1.54) is 6.42 Å². The molecule has 0 unspecified atom stereocenters. The molecular weight excluding hydrogens is 126 g/mol. The van der Waals surface area contributed by atoms with Crippen LogP contribution in [0.5, 0.6) is 0 Å². The topological polar surface area (TPSA) is 12.0 Å². The lowest BCUT2D eigenvalue weighted by molar-refractivity contribution is 0.844. The van der Waals surface area contributed by atoms with Crippen molar-refractivity contribution in [2.75, 3.05) is 6.54 Å². The minimum absolute atomic E-state index is 1.13. The lowest BCUT2D eigenvalue weighted by Crippen LogP contribution is -2.43. The van der Waals surface area contributed by atoms with Crippen LogP contribution in [0.3, 0.4) is 0 Å². The van der Waals surface area contributed by atoms with E-state index >= 15 is 0 Å². The first-order chi connectivity index (χ1) is 4.12. The maximum Gasteiger partial charge on any atom is 0.143 e. The molecule has 0 atom stereocenters. The van der Waals surface area contributed by atoms with Crippen LogP contribution in [-0.2, 0) is 0 Å². The number of hydrogen-bond donors (Lipinski definition) is 1. The van der Waals surface area contributed by atoms with Gasteiger partial charge in [0.15, 0.2) is 0 Å². The Morgan fingerprint density at radius 1 is 1.56 bits per heavy atom. The van der Waals surface area contributed by atoms with Crippen molar-refractivity contribution in [1.29, 1.82) is 0 Å². The average Bonchev–Trinajstić information content (AvgIpc) is 1.84. The fourth-order valence-electron chi connectivity index (χ4n) is 0.519. The highest BCUT2D eigenvalue weighted by atomic mass is 28.3. The summed E-state index contributed by atoms with van der Waals surface area (Å²) in [5, 5.41) is 0. The predicted molar refractivity (Wildman–Crippen MR) is 46.0 cm³/mol. The van der Waals surface area contributed by atoms with Crippen LogP contribution in [0.2, 0.25) is 13.1 Å². The van der Waals surface area contributed by atoms with E-state index in [0.717, 1.165) is 6.54 Å². The second-order valence-electron chi connectivity index (χ2n) is 2.85. The highest BCUT2D eigenvalue weighted by Crippen LogP contribution is 1.95. The van der Waals surface area contributed by atoms with Gasteiger partial charge in [-0.05, 0) is 13.0 Å². The molecule has 0 heterocycles. The van der Waals surface area contributed by atoms with Crippen LogP contribution in [0.1, 0.15) is 13.3 Å². The van der Waals surface area contributed by atoms with Crippen molar-refractivity contribution >= 4 is 8.24 Å². The van der Waals surface area contributed by atoms with Crippen LogP contribution in [0.15, 0.2) is 12.3 Å². The Bertz CT molecular complexity index is 88.9. The Balaban J connectivity index is 3.45.